The topological polar surface area (TPSA) is 72.8 Å². The van der Waals surface area contributed by atoms with E-state index in [-0.39, 0.29) is 6.61 Å². The number of ether oxygens (including phenoxy) is 2. The highest BCUT2D eigenvalue weighted by atomic mass is 16.7. The maximum atomic E-state index is 10.3. The molecule has 0 aromatic heterocycles. The van der Waals surface area contributed by atoms with Crippen molar-refractivity contribution in [1.82, 2.24) is 0 Å². The minimum absolute atomic E-state index is 0.165. The van der Waals surface area contributed by atoms with Gasteiger partial charge in [-0.1, -0.05) is 0 Å². The van der Waals surface area contributed by atoms with Crippen molar-refractivity contribution < 1.29 is 24.2 Å². The van der Waals surface area contributed by atoms with Crippen molar-refractivity contribution in [3.05, 3.63) is 0 Å². The molecule has 5 heteroatoms. The predicted molar refractivity (Wildman–Crippen MR) is 35.2 cm³/mol. The largest absolute Gasteiger partial charge is 0.508 e. The second-order valence-electron chi connectivity index (χ2n) is 2.00. The Bertz CT molecular complexity index is 153. The lowest BCUT2D eigenvalue weighted by molar-refractivity contribution is -0.142. The Hall–Kier alpha value is -1.26. The zero-order chi connectivity index (χ0) is 8.85. The van der Waals surface area contributed by atoms with Crippen LogP contribution in [0, 0.1) is 5.92 Å². The van der Waals surface area contributed by atoms with E-state index in [0.717, 1.165) is 7.11 Å². The third-order valence-electron chi connectivity index (χ3n) is 1.04. The lowest BCUT2D eigenvalue weighted by Gasteiger charge is -2.05. The molecule has 1 atom stereocenters. The Morgan fingerprint density at radius 3 is 2.45 bits per heavy atom. The minimum Gasteiger partial charge on any atom is -0.481 e. The molecule has 0 saturated heterocycles. The molecule has 1 unspecified atom stereocenters. The maximum absolute atomic E-state index is 10.3. The summed E-state index contributed by atoms with van der Waals surface area (Å²) < 4.78 is 8.50. The first-order chi connectivity index (χ1) is 5.07. The fraction of sp³-hybridized carbons (Fsp3) is 0.667. The number of aliphatic carboxylic acids is 1. The molecule has 0 spiro atoms. The van der Waals surface area contributed by atoms with Crippen LogP contribution in [0.2, 0.25) is 0 Å². The molecule has 0 saturated carbocycles. The summed E-state index contributed by atoms with van der Waals surface area (Å²) in [4.78, 5) is 20.5. The first-order valence-corrected chi connectivity index (χ1v) is 3.01. The molecule has 1 N–H and O–H groups in total. The average molecular weight is 162 g/mol. The van der Waals surface area contributed by atoms with Crippen molar-refractivity contribution in [1.29, 1.82) is 0 Å². The Kier molecular flexibility index (Phi) is 4.02. The molecule has 0 radical (unpaired) electrons. The minimum atomic E-state index is -1.01. The van der Waals surface area contributed by atoms with Gasteiger partial charge in [-0.25, -0.2) is 4.79 Å². The number of hydrogen-bond donors (Lipinski definition) is 1. The number of carboxylic acid groups (broad SMARTS) is 1. The van der Waals surface area contributed by atoms with E-state index in [1.165, 1.54) is 6.92 Å². The number of rotatable bonds is 3. The SMILES string of the molecule is COC(=O)OCC(C)C(=O)O. The van der Waals surface area contributed by atoms with E-state index >= 15 is 0 Å². The second-order valence-corrected chi connectivity index (χ2v) is 2.00. The molecule has 0 aromatic carbocycles. The van der Waals surface area contributed by atoms with Crippen LogP contribution < -0.4 is 0 Å². The van der Waals surface area contributed by atoms with Crippen LogP contribution in [0.25, 0.3) is 0 Å². The fourth-order valence-corrected chi connectivity index (χ4v) is 0.323. The van der Waals surface area contributed by atoms with Crippen molar-refractivity contribution in [3.8, 4) is 0 Å². The molecule has 0 aliphatic heterocycles. The molecule has 0 aliphatic rings. The van der Waals surface area contributed by atoms with Crippen molar-refractivity contribution >= 4 is 12.1 Å². The van der Waals surface area contributed by atoms with Crippen LogP contribution in [-0.4, -0.2) is 30.9 Å². The first kappa shape index (κ1) is 9.74. The van der Waals surface area contributed by atoms with Crippen LogP contribution in [0.5, 0.6) is 0 Å². The van der Waals surface area contributed by atoms with Crippen molar-refractivity contribution in [3.63, 3.8) is 0 Å². The van der Waals surface area contributed by atoms with E-state index in [1.54, 1.807) is 0 Å². The van der Waals surface area contributed by atoms with Crippen LogP contribution in [0.3, 0.4) is 0 Å². The zero-order valence-corrected chi connectivity index (χ0v) is 6.36. The molecule has 5 nitrogen and oxygen atoms in total. The smallest absolute Gasteiger partial charge is 0.481 e. The molecule has 0 fully saturated rings. The van der Waals surface area contributed by atoms with Gasteiger partial charge in [-0.3, -0.25) is 4.79 Å². The molecular formula is C6H10O5. The van der Waals surface area contributed by atoms with Gasteiger partial charge in [-0.15, -0.1) is 0 Å². The summed E-state index contributed by atoms with van der Waals surface area (Å²) in [7, 11) is 1.16. The first-order valence-electron chi connectivity index (χ1n) is 3.01. The zero-order valence-electron chi connectivity index (χ0n) is 6.36. The fourth-order valence-electron chi connectivity index (χ4n) is 0.323. The van der Waals surface area contributed by atoms with E-state index in [4.69, 9.17) is 5.11 Å². The summed E-state index contributed by atoms with van der Waals surface area (Å²) in [6, 6.07) is 0. The molecular weight excluding hydrogens is 152 g/mol. The Labute approximate surface area is 63.9 Å². The lowest BCUT2D eigenvalue weighted by atomic mass is 10.2. The second kappa shape index (κ2) is 4.54. The summed E-state index contributed by atoms with van der Waals surface area (Å²) in [5.74, 6) is -1.71. The van der Waals surface area contributed by atoms with E-state index in [0.29, 0.717) is 0 Å². The monoisotopic (exact) mass is 162 g/mol. The third-order valence-corrected chi connectivity index (χ3v) is 1.04. The number of hydrogen-bond acceptors (Lipinski definition) is 4. The van der Waals surface area contributed by atoms with Crippen LogP contribution in [0.15, 0.2) is 0 Å². The van der Waals surface area contributed by atoms with Gasteiger partial charge in [0.2, 0.25) is 0 Å². The van der Waals surface area contributed by atoms with E-state index in [9.17, 15) is 9.59 Å². The maximum Gasteiger partial charge on any atom is 0.508 e. The molecule has 0 rings (SSSR count). The van der Waals surface area contributed by atoms with Crippen LogP contribution in [-0.2, 0) is 14.3 Å². The highest BCUT2D eigenvalue weighted by molar-refractivity contribution is 5.70. The van der Waals surface area contributed by atoms with Crippen LogP contribution in [0.1, 0.15) is 6.92 Å². The third kappa shape index (κ3) is 4.19. The molecule has 64 valence electrons. The predicted octanol–water partition coefficient (Wildman–Crippen LogP) is 0.490. The Morgan fingerprint density at radius 1 is 1.55 bits per heavy atom. The highest BCUT2D eigenvalue weighted by Gasteiger charge is 2.13. The summed E-state index contributed by atoms with van der Waals surface area (Å²) in [6.07, 6.45) is -0.863. The van der Waals surface area contributed by atoms with E-state index in [2.05, 4.69) is 9.47 Å². The van der Waals surface area contributed by atoms with Gasteiger partial charge in [0.15, 0.2) is 0 Å². The van der Waals surface area contributed by atoms with Gasteiger partial charge in [0, 0.05) is 0 Å². The summed E-state index contributed by atoms with van der Waals surface area (Å²) >= 11 is 0. The van der Waals surface area contributed by atoms with Crippen molar-refractivity contribution in [2.75, 3.05) is 13.7 Å². The molecule has 0 amide bonds. The van der Waals surface area contributed by atoms with Crippen LogP contribution in [0.4, 0.5) is 4.79 Å². The van der Waals surface area contributed by atoms with Gasteiger partial charge < -0.3 is 14.6 Å². The lowest BCUT2D eigenvalue weighted by Crippen LogP contribution is -2.18. The quantitative estimate of drug-likeness (QED) is 0.611. The van der Waals surface area contributed by atoms with Gasteiger partial charge in [-0.05, 0) is 6.92 Å². The number of carboxylic acids is 1. The summed E-state index contributed by atoms with van der Waals surface area (Å²) in [5, 5.41) is 8.34. The van der Waals surface area contributed by atoms with Gasteiger partial charge >= 0.3 is 12.1 Å². The van der Waals surface area contributed by atoms with Crippen LogP contribution >= 0.6 is 0 Å². The molecule has 0 heterocycles. The molecule has 0 bridgehead atoms. The average Bonchev–Trinajstić information content (AvgIpc) is 1.99. The van der Waals surface area contributed by atoms with E-state index < -0.39 is 18.0 Å². The van der Waals surface area contributed by atoms with Crippen molar-refractivity contribution in [2.24, 2.45) is 5.92 Å². The van der Waals surface area contributed by atoms with E-state index in [1.807, 2.05) is 0 Å². The molecule has 11 heavy (non-hydrogen) atoms. The van der Waals surface area contributed by atoms with Gasteiger partial charge in [-0.2, -0.15) is 0 Å². The normalized spacial score (nSPS) is 11.8. The molecule has 0 aliphatic carbocycles. The molecule has 0 aromatic rings. The standard InChI is InChI=1S/C6H10O5/c1-4(5(7)8)3-11-6(9)10-2/h4H,3H2,1-2H3,(H,7,8). The summed E-state index contributed by atoms with van der Waals surface area (Å²) in [6.45, 7) is 1.27. The van der Waals surface area contributed by atoms with Gasteiger partial charge in [0.25, 0.3) is 0 Å². The van der Waals surface area contributed by atoms with Gasteiger partial charge in [0.1, 0.15) is 6.61 Å². The van der Waals surface area contributed by atoms with Gasteiger partial charge in [0.05, 0.1) is 13.0 Å². The Morgan fingerprint density at radius 2 is 2.09 bits per heavy atom. The Balaban J connectivity index is 3.54. The number of carbonyl (C=O) groups excluding carboxylic acids is 1. The van der Waals surface area contributed by atoms with Crippen molar-refractivity contribution in [2.45, 2.75) is 6.92 Å². The summed E-state index contributed by atoms with van der Waals surface area (Å²) in [5.41, 5.74) is 0. The number of carbonyl (C=O) groups is 2. The number of methoxy groups -OCH3 is 1. The highest BCUT2D eigenvalue weighted by Crippen LogP contribution is 1.96.